The maximum absolute atomic E-state index is 10.2. The summed E-state index contributed by atoms with van der Waals surface area (Å²) in [5.74, 6) is -0.942. The van der Waals surface area contributed by atoms with E-state index in [1.54, 1.807) is 6.07 Å². The third kappa shape index (κ3) is 4.36. The topological polar surface area (TPSA) is 66.3 Å². The number of carbonyl (C=O) groups is 1. The van der Waals surface area contributed by atoms with Gasteiger partial charge >= 0.3 is 5.97 Å². The van der Waals surface area contributed by atoms with Crippen molar-refractivity contribution in [2.75, 3.05) is 13.6 Å². The minimum Gasteiger partial charge on any atom is -0.478 e. The lowest BCUT2D eigenvalue weighted by molar-refractivity contribution is 0.0696. The number of nitrogens with zero attached hydrogens (tertiary/aromatic N) is 3. The summed E-state index contributed by atoms with van der Waals surface area (Å²) in [6.07, 6.45) is 9.25. The van der Waals surface area contributed by atoms with Gasteiger partial charge in [0, 0.05) is 30.8 Å². The van der Waals surface area contributed by atoms with Gasteiger partial charge in [-0.15, -0.1) is 0 Å². The highest BCUT2D eigenvalue weighted by molar-refractivity contribution is 5.86. The lowest BCUT2D eigenvalue weighted by atomic mass is 10.1. The van der Waals surface area contributed by atoms with Crippen molar-refractivity contribution < 1.29 is 9.90 Å². The van der Waals surface area contributed by atoms with Crippen molar-refractivity contribution in [1.82, 2.24) is 14.9 Å². The number of rotatable bonds is 2. The van der Waals surface area contributed by atoms with E-state index in [0.29, 0.717) is 6.04 Å². The number of pyridine rings is 2. The Hall–Kier alpha value is -2.27. The zero-order chi connectivity index (χ0) is 15.1. The molecule has 110 valence electrons. The molecule has 1 atom stereocenters. The van der Waals surface area contributed by atoms with Crippen LogP contribution in [0.2, 0.25) is 0 Å². The van der Waals surface area contributed by atoms with E-state index in [9.17, 15) is 4.79 Å². The number of hydrogen-bond acceptors (Lipinski definition) is 4. The van der Waals surface area contributed by atoms with Crippen LogP contribution in [-0.4, -0.2) is 39.5 Å². The van der Waals surface area contributed by atoms with E-state index < -0.39 is 5.97 Å². The monoisotopic (exact) mass is 285 g/mol. The highest BCUT2D eigenvalue weighted by Gasteiger charge is 2.21. The number of carboxylic acid groups (broad SMARTS) is 1. The fraction of sp³-hybridized carbons (Fsp3) is 0.312. The molecule has 5 nitrogen and oxygen atoms in total. The highest BCUT2D eigenvalue weighted by Crippen LogP contribution is 2.29. The fourth-order valence-corrected chi connectivity index (χ4v) is 2.39. The lowest BCUT2D eigenvalue weighted by Crippen LogP contribution is -2.17. The Bertz CT molecular complexity index is 560. The number of likely N-dealkylation sites (tertiary alicyclic amines) is 1. The molecule has 2 aromatic heterocycles. The number of carboxylic acids is 1. The van der Waals surface area contributed by atoms with E-state index in [1.165, 1.54) is 43.4 Å². The van der Waals surface area contributed by atoms with Crippen LogP contribution in [0.3, 0.4) is 0 Å². The summed E-state index contributed by atoms with van der Waals surface area (Å²) in [6, 6.07) is 7.87. The SMILES string of the molecule is CN1CCCC1c1cccnc1.O=C(O)c1cccnc1. The molecule has 5 heteroatoms. The Labute approximate surface area is 124 Å². The quantitative estimate of drug-likeness (QED) is 0.918. The first kappa shape index (κ1) is 15.1. The van der Waals surface area contributed by atoms with E-state index in [-0.39, 0.29) is 5.56 Å². The van der Waals surface area contributed by atoms with Gasteiger partial charge in [0.05, 0.1) is 5.56 Å². The Morgan fingerprint density at radius 2 is 1.95 bits per heavy atom. The van der Waals surface area contributed by atoms with E-state index >= 15 is 0 Å². The Balaban J connectivity index is 0.000000161. The van der Waals surface area contributed by atoms with Gasteiger partial charge in [-0.1, -0.05) is 6.07 Å². The molecular formula is C16H19N3O2. The first-order chi connectivity index (χ1) is 10.2. The van der Waals surface area contributed by atoms with Crippen LogP contribution >= 0.6 is 0 Å². The molecule has 0 bridgehead atoms. The summed E-state index contributed by atoms with van der Waals surface area (Å²) >= 11 is 0. The minimum atomic E-state index is -0.942. The van der Waals surface area contributed by atoms with Gasteiger partial charge in [0.15, 0.2) is 0 Å². The molecule has 3 rings (SSSR count). The molecule has 0 saturated carbocycles. The van der Waals surface area contributed by atoms with Crippen LogP contribution < -0.4 is 0 Å². The Morgan fingerprint density at radius 1 is 1.24 bits per heavy atom. The van der Waals surface area contributed by atoms with Crippen LogP contribution in [0.1, 0.15) is 34.8 Å². The fourth-order valence-electron chi connectivity index (χ4n) is 2.39. The van der Waals surface area contributed by atoms with Crippen molar-refractivity contribution in [3.05, 3.63) is 60.2 Å². The van der Waals surface area contributed by atoms with E-state index in [1.807, 2.05) is 18.5 Å². The van der Waals surface area contributed by atoms with Crippen molar-refractivity contribution in [3.8, 4) is 0 Å². The van der Waals surface area contributed by atoms with Crippen molar-refractivity contribution in [3.63, 3.8) is 0 Å². The second kappa shape index (κ2) is 7.50. The van der Waals surface area contributed by atoms with Gasteiger partial charge in [-0.3, -0.25) is 14.9 Å². The van der Waals surface area contributed by atoms with Gasteiger partial charge in [0.25, 0.3) is 0 Å². The zero-order valence-corrected chi connectivity index (χ0v) is 12.0. The summed E-state index contributed by atoms with van der Waals surface area (Å²) in [5.41, 5.74) is 1.58. The van der Waals surface area contributed by atoms with Gasteiger partial charge < -0.3 is 5.11 Å². The van der Waals surface area contributed by atoms with E-state index in [4.69, 9.17) is 5.11 Å². The predicted molar refractivity (Wildman–Crippen MR) is 80.0 cm³/mol. The standard InChI is InChI=1S/C10H14N2.C6H5NO2/c1-12-7-3-5-10(12)9-4-2-6-11-8-9;8-6(9)5-2-1-3-7-4-5/h2,4,6,8,10H,3,5,7H2,1H3;1-4H,(H,8,9). The molecule has 0 amide bonds. The number of aromatic carboxylic acids is 1. The van der Waals surface area contributed by atoms with Gasteiger partial charge in [0.1, 0.15) is 0 Å². The smallest absolute Gasteiger partial charge is 0.337 e. The molecule has 2 aromatic rings. The van der Waals surface area contributed by atoms with Crippen LogP contribution in [0.4, 0.5) is 0 Å². The van der Waals surface area contributed by atoms with Crippen LogP contribution in [0.15, 0.2) is 49.1 Å². The molecule has 1 aliphatic heterocycles. The van der Waals surface area contributed by atoms with Gasteiger partial charge in [-0.05, 0) is 50.2 Å². The molecule has 1 saturated heterocycles. The number of hydrogen-bond donors (Lipinski definition) is 1. The third-order valence-electron chi connectivity index (χ3n) is 3.50. The normalized spacial score (nSPS) is 17.9. The lowest BCUT2D eigenvalue weighted by Gasteiger charge is -2.18. The van der Waals surface area contributed by atoms with Gasteiger partial charge in [-0.25, -0.2) is 4.79 Å². The molecule has 3 heterocycles. The number of aromatic nitrogens is 2. The average molecular weight is 285 g/mol. The minimum absolute atomic E-state index is 0.220. The summed E-state index contributed by atoms with van der Waals surface area (Å²) in [4.78, 5) is 20.3. The largest absolute Gasteiger partial charge is 0.478 e. The molecular weight excluding hydrogens is 266 g/mol. The summed E-state index contributed by atoms with van der Waals surface area (Å²) in [7, 11) is 2.19. The second-order valence-corrected chi connectivity index (χ2v) is 4.97. The zero-order valence-electron chi connectivity index (χ0n) is 12.0. The van der Waals surface area contributed by atoms with Crippen LogP contribution in [0.5, 0.6) is 0 Å². The van der Waals surface area contributed by atoms with Crippen molar-refractivity contribution in [2.45, 2.75) is 18.9 Å². The summed E-state index contributed by atoms with van der Waals surface area (Å²) in [5, 5.41) is 8.34. The molecule has 0 aliphatic carbocycles. The average Bonchev–Trinajstić information content (AvgIpc) is 2.96. The van der Waals surface area contributed by atoms with Crippen LogP contribution in [-0.2, 0) is 0 Å². The van der Waals surface area contributed by atoms with Crippen molar-refractivity contribution >= 4 is 5.97 Å². The van der Waals surface area contributed by atoms with Crippen LogP contribution in [0.25, 0.3) is 0 Å². The molecule has 0 spiro atoms. The maximum atomic E-state index is 10.2. The molecule has 1 N–H and O–H groups in total. The summed E-state index contributed by atoms with van der Waals surface area (Å²) in [6.45, 7) is 1.22. The maximum Gasteiger partial charge on any atom is 0.337 e. The Morgan fingerprint density at radius 3 is 2.38 bits per heavy atom. The first-order valence-corrected chi connectivity index (χ1v) is 6.92. The summed E-state index contributed by atoms with van der Waals surface area (Å²) < 4.78 is 0. The van der Waals surface area contributed by atoms with Gasteiger partial charge in [-0.2, -0.15) is 0 Å². The third-order valence-corrected chi connectivity index (χ3v) is 3.50. The molecule has 0 radical (unpaired) electrons. The first-order valence-electron chi connectivity index (χ1n) is 6.92. The molecule has 1 fully saturated rings. The molecule has 0 aromatic carbocycles. The molecule has 21 heavy (non-hydrogen) atoms. The predicted octanol–water partition coefficient (Wildman–Crippen LogP) is 2.63. The molecule has 1 unspecified atom stereocenters. The Kier molecular flexibility index (Phi) is 5.40. The van der Waals surface area contributed by atoms with E-state index in [0.717, 1.165) is 0 Å². The highest BCUT2D eigenvalue weighted by atomic mass is 16.4. The van der Waals surface area contributed by atoms with Crippen molar-refractivity contribution in [2.24, 2.45) is 0 Å². The van der Waals surface area contributed by atoms with Crippen molar-refractivity contribution in [1.29, 1.82) is 0 Å². The van der Waals surface area contributed by atoms with Gasteiger partial charge in [0.2, 0.25) is 0 Å². The van der Waals surface area contributed by atoms with E-state index in [2.05, 4.69) is 28.0 Å². The second-order valence-electron chi connectivity index (χ2n) is 4.97. The molecule has 1 aliphatic rings. The van der Waals surface area contributed by atoms with Crippen LogP contribution in [0, 0.1) is 0 Å².